The Bertz CT molecular complexity index is 871. The average Bonchev–Trinajstić information content (AvgIpc) is 2.89. The zero-order valence-corrected chi connectivity index (χ0v) is 16.8. The first kappa shape index (κ1) is 19.9. The molecule has 0 N–H and O–H groups in total. The molecule has 0 spiro atoms. The molecule has 0 saturated carbocycles. The number of amides is 1. The average molecular weight is 377 g/mol. The number of rotatable bonds is 6. The van der Waals surface area contributed by atoms with Gasteiger partial charge in [0.1, 0.15) is 17.6 Å². The lowest BCUT2D eigenvalue weighted by molar-refractivity contribution is -0.137. The Morgan fingerprint density at radius 3 is 2.71 bits per heavy atom. The van der Waals surface area contributed by atoms with Crippen molar-refractivity contribution in [2.45, 2.75) is 51.4 Å². The lowest BCUT2D eigenvalue weighted by Crippen LogP contribution is -2.45. The largest absolute Gasteiger partial charge is 0.456 e. The van der Waals surface area contributed by atoms with E-state index in [-0.39, 0.29) is 5.91 Å². The highest BCUT2D eigenvalue weighted by Crippen LogP contribution is 2.39. The van der Waals surface area contributed by atoms with Crippen molar-refractivity contribution >= 4 is 5.91 Å². The van der Waals surface area contributed by atoms with Gasteiger partial charge in [0.05, 0.1) is 11.0 Å². The Kier molecular flexibility index (Phi) is 6.36. The fourth-order valence-corrected chi connectivity index (χ4v) is 4.16. The van der Waals surface area contributed by atoms with Crippen LogP contribution in [0.5, 0.6) is 11.5 Å². The molecule has 4 heteroatoms. The van der Waals surface area contributed by atoms with Crippen molar-refractivity contribution in [3.63, 3.8) is 0 Å². The summed E-state index contributed by atoms with van der Waals surface area (Å²) < 4.78 is 6.01. The Morgan fingerprint density at radius 2 is 1.96 bits per heavy atom. The molecule has 1 unspecified atom stereocenters. The van der Waals surface area contributed by atoms with Crippen molar-refractivity contribution in [1.29, 1.82) is 5.26 Å². The van der Waals surface area contributed by atoms with Crippen molar-refractivity contribution in [3.8, 4) is 17.6 Å². The number of hydrogen-bond donors (Lipinski definition) is 0. The minimum atomic E-state index is -0.500. The molecule has 4 nitrogen and oxygen atoms in total. The summed E-state index contributed by atoms with van der Waals surface area (Å²) in [5.74, 6) is 1.43. The first-order valence-electron chi connectivity index (χ1n) is 10.2. The van der Waals surface area contributed by atoms with Gasteiger partial charge in [0.15, 0.2) is 0 Å². The SMILES string of the molecule is CCCN1CCCCC(CC)(c2cccc(Oc3ccccc3C#N)c2)C1=O. The summed E-state index contributed by atoms with van der Waals surface area (Å²) in [5.41, 5.74) is 1.01. The Balaban J connectivity index is 1.96. The van der Waals surface area contributed by atoms with Crippen LogP contribution < -0.4 is 4.74 Å². The van der Waals surface area contributed by atoms with Crippen molar-refractivity contribution < 1.29 is 9.53 Å². The monoisotopic (exact) mass is 376 g/mol. The normalized spacial score (nSPS) is 19.8. The van der Waals surface area contributed by atoms with Gasteiger partial charge >= 0.3 is 0 Å². The molecule has 1 atom stereocenters. The Morgan fingerprint density at radius 1 is 1.14 bits per heavy atom. The molecule has 1 heterocycles. The van der Waals surface area contributed by atoms with Crippen LogP contribution in [-0.2, 0) is 10.2 Å². The van der Waals surface area contributed by atoms with Gasteiger partial charge in [0.2, 0.25) is 5.91 Å². The van der Waals surface area contributed by atoms with Gasteiger partial charge in [0, 0.05) is 13.1 Å². The molecule has 0 aromatic heterocycles. The van der Waals surface area contributed by atoms with Gasteiger partial charge in [0.25, 0.3) is 0 Å². The number of nitrogens with zero attached hydrogens (tertiary/aromatic N) is 2. The maximum absolute atomic E-state index is 13.5. The van der Waals surface area contributed by atoms with Gasteiger partial charge < -0.3 is 9.64 Å². The van der Waals surface area contributed by atoms with Crippen LogP contribution in [-0.4, -0.2) is 23.9 Å². The number of benzene rings is 2. The summed E-state index contributed by atoms with van der Waals surface area (Å²) in [4.78, 5) is 15.5. The maximum atomic E-state index is 13.5. The van der Waals surface area contributed by atoms with Gasteiger partial charge in [-0.3, -0.25) is 4.79 Å². The quantitative estimate of drug-likeness (QED) is 0.676. The molecule has 1 aliphatic rings. The van der Waals surface area contributed by atoms with Crippen LogP contribution in [0.4, 0.5) is 0 Å². The standard InChI is InChI=1S/C24H28N2O2/c1-3-15-26-16-8-7-14-24(4-2,23(26)27)20-11-9-12-21(17-20)28-22-13-6-5-10-19(22)18-25/h5-6,9-13,17H,3-4,7-8,14-16H2,1-2H3. The number of para-hydroxylation sites is 1. The van der Waals surface area contributed by atoms with Crippen LogP contribution >= 0.6 is 0 Å². The molecule has 0 radical (unpaired) electrons. The van der Waals surface area contributed by atoms with Crippen LogP contribution in [0.15, 0.2) is 48.5 Å². The molecule has 28 heavy (non-hydrogen) atoms. The molecule has 0 aliphatic carbocycles. The van der Waals surface area contributed by atoms with Gasteiger partial charge in [-0.15, -0.1) is 0 Å². The van der Waals surface area contributed by atoms with Crippen LogP contribution in [0, 0.1) is 11.3 Å². The molecule has 1 aliphatic heterocycles. The molecule has 146 valence electrons. The zero-order valence-electron chi connectivity index (χ0n) is 16.8. The second kappa shape index (κ2) is 8.93. The van der Waals surface area contributed by atoms with Gasteiger partial charge in [-0.05, 0) is 55.5 Å². The van der Waals surface area contributed by atoms with Gasteiger partial charge in [-0.2, -0.15) is 5.26 Å². The van der Waals surface area contributed by atoms with E-state index >= 15 is 0 Å². The molecular formula is C24H28N2O2. The van der Waals surface area contributed by atoms with E-state index in [1.807, 2.05) is 41.3 Å². The van der Waals surface area contributed by atoms with E-state index in [4.69, 9.17) is 4.74 Å². The summed E-state index contributed by atoms with van der Waals surface area (Å²) in [5, 5.41) is 9.30. The van der Waals surface area contributed by atoms with E-state index in [0.717, 1.165) is 50.8 Å². The van der Waals surface area contributed by atoms with E-state index in [1.54, 1.807) is 12.1 Å². The van der Waals surface area contributed by atoms with E-state index in [1.165, 1.54) is 0 Å². The highest BCUT2D eigenvalue weighted by Gasteiger charge is 2.42. The van der Waals surface area contributed by atoms with Crippen molar-refractivity contribution in [2.75, 3.05) is 13.1 Å². The molecule has 2 aromatic carbocycles. The fraction of sp³-hybridized carbons (Fsp3) is 0.417. The third kappa shape index (κ3) is 3.89. The van der Waals surface area contributed by atoms with E-state index in [0.29, 0.717) is 17.1 Å². The van der Waals surface area contributed by atoms with Crippen molar-refractivity contribution in [1.82, 2.24) is 4.90 Å². The third-order valence-corrected chi connectivity index (χ3v) is 5.70. The van der Waals surface area contributed by atoms with Gasteiger partial charge in [-0.25, -0.2) is 0 Å². The summed E-state index contributed by atoms with van der Waals surface area (Å²) in [6.07, 6.45) is 4.70. The highest BCUT2D eigenvalue weighted by atomic mass is 16.5. The molecule has 1 saturated heterocycles. The number of nitriles is 1. The second-order valence-electron chi connectivity index (χ2n) is 7.42. The second-order valence-corrected chi connectivity index (χ2v) is 7.42. The van der Waals surface area contributed by atoms with E-state index in [9.17, 15) is 10.1 Å². The number of ether oxygens (including phenoxy) is 1. The predicted octanol–water partition coefficient (Wildman–Crippen LogP) is 5.42. The molecule has 2 aromatic rings. The van der Waals surface area contributed by atoms with Crippen LogP contribution in [0.1, 0.15) is 57.1 Å². The Labute approximate surface area is 167 Å². The first-order valence-corrected chi connectivity index (χ1v) is 10.2. The van der Waals surface area contributed by atoms with Crippen molar-refractivity contribution in [3.05, 3.63) is 59.7 Å². The number of carbonyl (C=O) groups is 1. The molecule has 0 bridgehead atoms. The number of carbonyl (C=O) groups excluding carboxylic acids is 1. The summed E-state index contributed by atoms with van der Waals surface area (Å²) >= 11 is 0. The third-order valence-electron chi connectivity index (χ3n) is 5.70. The van der Waals surface area contributed by atoms with Crippen LogP contribution in [0.2, 0.25) is 0 Å². The molecular weight excluding hydrogens is 348 g/mol. The maximum Gasteiger partial charge on any atom is 0.233 e. The molecule has 3 rings (SSSR count). The lowest BCUT2D eigenvalue weighted by atomic mass is 9.73. The summed E-state index contributed by atoms with van der Waals surface area (Å²) in [6.45, 7) is 5.88. The first-order chi connectivity index (χ1) is 13.6. The molecule has 1 amide bonds. The smallest absolute Gasteiger partial charge is 0.233 e. The van der Waals surface area contributed by atoms with Crippen molar-refractivity contribution in [2.24, 2.45) is 0 Å². The number of hydrogen-bond acceptors (Lipinski definition) is 3. The summed E-state index contributed by atoms with van der Waals surface area (Å²) in [6, 6.07) is 17.2. The topological polar surface area (TPSA) is 53.3 Å². The molecule has 1 fully saturated rings. The highest BCUT2D eigenvalue weighted by molar-refractivity contribution is 5.88. The minimum Gasteiger partial charge on any atom is -0.456 e. The van der Waals surface area contributed by atoms with E-state index in [2.05, 4.69) is 19.9 Å². The lowest BCUT2D eigenvalue weighted by Gasteiger charge is -2.35. The van der Waals surface area contributed by atoms with E-state index < -0.39 is 5.41 Å². The predicted molar refractivity (Wildman–Crippen MR) is 110 cm³/mol. The van der Waals surface area contributed by atoms with Gasteiger partial charge in [-0.1, -0.05) is 44.5 Å². The van der Waals surface area contributed by atoms with Crippen LogP contribution in [0.25, 0.3) is 0 Å². The minimum absolute atomic E-state index is 0.240. The van der Waals surface area contributed by atoms with Crippen LogP contribution in [0.3, 0.4) is 0 Å². The fourth-order valence-electron chi connectivity index (χ4n) is 4.16. The zero-order chi connectivity index (χ0) is 20.0. The summed E-state index contributed by atoms with van der Waals surface area (Å²) in [7, 11) is 0. The number of likely N-dealkylation sites (tertiary alicyclic amines) is 1. The Hall–Kier alpha value is -2.80.